The van der Waals surface area contributed by atoms with Crippen LogP contribution in [0.3, 0.4) is 0 Å². The van der Waals surface area contributed by atoms with Crippen LogP contribution in [0.5, 0.6) is 0 Å². The highest BCUT2D eigenvalue weighted by molar-refractivity contribution is 7.22. The predicted octanol–water partition coefficient (Wildman–Crippen LogP) is 3.48. The van der Waals surface area contributed by atoms with Crippen LogP contribution in [0.4, 0.5) is 5.13 Å². The molecular weight excluding hydrogens is 260 g/mol. The summed E-state index contributed by atoms with van der Waals surface area (Å²) in [4.78, 5) is 21.0. The molecule has 0 aliphatic heterocycles. The molecule has 5 heteroatoms. The molecular formula is C14H10N2O2S. The topological polar surface area (TPSA) is 51.2 Å². The maximum absolute atomic E-state index is 11.7. The second-order valence-electron chi connectivity index (χ2n) is 3.84. The zero-order valence-corrected chi connectivity index (χ0v) is 10.7. The number of rotatable bonds is 3. The molecule has 1 N–H and O–H groups in total. The van der Waals surface area contributed by atoms with E-state index in [1.54, 1.807) is 24.3 Å². The fraction of sp³-hybridized carbons (Fsp3) is 0. The summed E-state index contributed by atoms with van der Waals surface area (Å²) in [7, 11) is 0. The Hall–Kier alpha value is -2.40. The molecule has 0 radical (unpaired) electrons. The molecule has 1 heterocycles. The predicted molar refractivity (Wildman–Crippen MR) is 75.1 cm³/mol. The molecule has 19 heavy (non-hydrogen) atoms. The molecule has 4 nitrogen and oxygen atoms in total. The number of hydrogen-bond donors (Lipinski definition) is 1. The van der Waals surface area contributed by atoms with Crippen LogP contribution in [-0.4, -0.2) is 11.0 Å². The molecule has 0 saturated heterocycles. The van der Waals surface area contributed by atoms with E-state index in [-0.39, 0.29) is 0 Å². The monoisotopic (exact) mass is 270 g/mol. The molecule has 2 aromatic carbocycles. The van der Waals surface area contributed by atoms with Gasteiger partial charge >= 0.3 is 5.97 Å². The van der Waals surface area contributed by atoms with E-state index in [0.29, 0.717) is 10.7 Å². The molecule has 0 spiro atoms. The number of aromatic nitrogens is 1. The third-order valence-corrected chi connectivity index (χ3v) is 3.47. The normalized spacial score (nSPS) is 10.3. The van der Waals surface area contributed by atoms with Crippen molar-refractivity contribution in [1.29, 1.82) is 0 Å². The van der Waals surface area contributed by atoms with Crippen molar-refractivity contribution in [2.45, 2.75) is 0 Å². The first-order chi connectivity index (χ1) is 9.33. The number of hydrogen-bond acceptors (Lipinski definition) is 5. The van der Waals surface area contributed by atoms with E-state index in [0.717, 1.165) is 10.2 Å². The Morgan fingerprint density at radius 2 is 1.79 bits per heavy atom. The van der Waals surface area contributed by atoms with Gasteiger partial charge < -0.3 is 4.84 Å². The summed E-state index contributed by atoms with van der Waals surface area (Å²) in [5.74, 6) is -0.431. The van der Waals surface area contributed by atoms with Crippen LogP contribution >= 0.6 is 11.3 Å². The molecule has 0 saturated carbocycles. The Morgan fingerprint density at radius 1 is 1.05 bits per heavy atom. The van der Waals surface area contributed by atoms with Crippen molar-refractivity contribution >= 4 is 32.7 Å². The van der Waals surface area contributed by atoms with E-state index in [4.69, 9.17) is 4.84 Å². The van der Waals surface area contributed by atoms with Crippen molar-refractivity contribution < 1.29 is 9.63 Å². The lowest BCUT2D eigenvalue weighted by atomic mass is 10.2. The molecule has 0 aliphatic rings. The average molecular weight is 270 g/mol. The lowest BCUT2D eigenvalue weighted by Gasteiger charge is -2.02. The first kappa shape index (κ1) is 11.7. The standard InChI is InChI=1S/C14H10N2O2S/c17-13(10-6-2-1-3-7-10)18-16-14-15-11-8-4-5-9-12(11)19-14/h1-9H,(H,15,16). The molecule has 0 bridgehead atoms. The molecule has 0 atom stereocenters. The summed E-state index contributed by atoms with van der Waals surface area (Å²) in [6.07, 6.45) is 0. The summed E-state index contributed by atoms with van der Waals surface area (Å²) in [5.41, 5.74) is 3.97. The minimum Gasteiger partial charge on any atom is -0.336 e. The van der Waals surface area contributed by atoms with Gasteiger partial charge in [0, 0.05) is 0 Å². The summed E-state index contributed by atoms with van der Waals surface area (Å²) in [5, 5.41) is 0.561. The lowest BCUT2D eigenvalue weighted by molar-refractivity contribution is 0.0596. The first-order valence-corrected chi connectivity index (χ1v) is 6.52. The highest BCUT2D eigenvalue weighted by Crippen LogP contribution is 2.25. The fourth-order valence-electron chi connectivity index (χ4n) is 1.64. The van der Waals surface area contributed by atoms with E-state index < -0.39 is 5.97 Å². The number of carbonyl (C=O) groups is 1. The maximum atomic E-state index is 11.7. The minimum atomic E-state index is -0.431. The Morgan fingerprint density at radius 3 is 2.58 bits per heavy atom. The van der Waals surface area contributed by atoms with Gasteiger partial charge in [0.2, 0.25) is 5.13 Å². The molecule has 3 rings (SSSR count). The highest BCUT2D eigenvalue weighted by Gasteiger charge is 2.08. The van der Waals surface area contributed by atoms with Gasteiger partial charge in [0.15, 0.2) is 0 Å². The van der Waals surface area contributed by atoms with Crippen molar-refractivity contribution in [3.63, 3.8) is 0 Å². The molecule has 0 fully saturated rings. The van der Waals surface area contributed by atoms with Crippen molar-refractivity contribution in [3.8, 4) is 0 Å². The number of anilines is 1. The number of nitrogens with one attached hydrogen (secondary N) is 1. The number of carbonyl (C=O) groups excluding carboxylic acids is 1. The third-order valence-electron chi connectivity index (χ3n) is 2.53. The van der Waals surface area contributed by atoms with Crippen molar-refractivity contribution in [1.82, 2.24) is 4.98 Å². The smallest absolute Gasteiger partial charge is 0.336 e. The van der Waals surface area contributed by atoms with Gasteiger partial charge in [-0.2, -0.15) is 5.48 Å². The zero-order valence-electron chi connectivity index (χ0n) is 9.87. The summed E-state index contributed by atoms with van der Waals surface area (Å²) in [6, 6.07) is 16.6. The van der Waals surface area contributed by atoms with E-state index in [2.05, 4.69) is 10.5 Å². The average Bonchev–Trinajstić information content (AvgIpc) is 2.88. The van der Waals surface area contributed by atoms with Gasteiger partial charge in [-0.15, -0.1) is 0 Å². The molecule has 1 aromatic heterocycles. The van der Waals surface area contributed by atoms with E-state index in [1.807, 2.05) is 30.3 Å². The number of nitrogens with zero attached hydrogens (tertiary/aromatic N) is 1. The second kappa shape index (κ2) is 5.07. The van der Waals surface area contributed by atoms with Crippen LogP contribution in [0.15, 0.2) is 54.6 Å². The number of thiazole rings is 1. The maximum Gasteiger partial charge on any atom is 0.362 e. The molecule has 3 aromatic rings. The highest BCUT2D eigenvalue weighted by atomic mass is 32.1. The fourth-order valence-corrected chi connectivity index (χ4v) is 2.44. The molecule has 94 valence electrons. The quantitative estimate of drug-likeness (QED) is 0.740. The molecule has 0 unspecified atom stereocenters. The molecule has 0 aliphatic carbocycles. The van der Waals surface area contributed by atoms with Crippen molar-refractivity contribution in [2.24, 2.45) is 0 Å². The Kier molecular flexibility index (Phi) is 3.12. The Balaban J connectivity index is 1.71. The Bertz CT molecular complexity index is 677. The lowest BCUT2D eigenvalue weighted by Crippen LogP contribution is -2.10. The van der Waals surface area contributed by atoms with Crippen LogP contribution < -0.4 is 5.48 Å². The van der Waals surface area contributed by atoms with Crippen LogP contribution in [0.1, 0.15) is 10.4 Å². The van der Waals surface area contributed by atoms with Crippen molar-refractivity contribution in [2.75, 3.05) is 5.48 Å². The number of fused-ring (bicyclic) bond motifs is 1. The largest absolute Gasteiger partial charge is 0.362 e. The van der Waals surface area contributed by atoms with Crippen LogP contribution in [0.25, 0.3) is 10.2 Å². The Labute approximate surface area is 113 Å². The van der Waals surface area contributed by atoms with Gasteiger partial charge in [-0.1, -0.05) is 41.7 Å². The van der Waals surface area contributed by atoms with Gasteiger partial charge in [0.1, 0.15) is 0 Å². The van der Waals surface area contributed by atoms with Gasteiger partial charge in [-0.05, 0) is 24.3 Å². The summed E-state index contributed by atoms with van der Waals surface area (Å²) >= 11 is 1.44. The van der Waals surface area contributed by atoms with E-state index >= 15 is 0 Å². The SMILES string of the molecule is O=C(ONc1nc2ccccc2s1)c1ccccc1. The first-order valence-electron chi connectivity index (χ1n) is 5.71. The minimum absolute atomic E-state index is 0.431. The number of para-hydroxylation sites is 1. The second-order valence-corrected chi connectivity index (χ2v) is 4.87. The summed E-state index contributed by atoms with van der Waals surface area (Å²) < 4.78 is 1.04. The number of benzene rings is 2. The van der Waals surface area contributed by atoms with Crippen LogP contribution in [-0.2, 0) is 4.84 Å². The summed E-state index contributed by atoms with van der Waals surface area (Å²) in [6.45, 7) is 0. The van der Waals surface area contributed by atoms with Crippen LogP contribution in [0.2, 0.25) is 0 Å². The van der Waals surface area contributed by atoms with Crippen LogP contribution in [0, 0.1) is 0 Å². The molecule has 0 amide bonds. The van der Waals surface area contributed by atoms with Gasteiger partial charge in [0.25, 0.3) is 0 Å². The van der Waals surface area contributed by atoms with E-state index in [1.165, 1.54) is 11.3 Å². The van der Waals surface area contributed by atoms with Gasteiger partial charge in [-0.3, -0.25) is 0 Å². The third kappa shape index (κ3) is 2.56. The van der Waals surface area contributed by atoms with E-state index in [9.17, 15) is 4.79 Å². The van der Waals surface area contributed by atoms with Crippen molar-refractivity contribution in [3.05, 3.63) is 60.2 Å². The van der Waals surface area contributed by atoms with Gasteiger partial charge in [0.05, 0.1) is 15.8 Å². The zero-order chi connectivity index (χ0) is 13.1. The van der Waals surface area contributed by atoms with Gasteiger partial charge in [-0.25, -0.2) is 9.78 Å².